The molecule has 110 valence electrons. The van der Waals surface area contributed by atoms with E-state index < -0.39 is 11.8 Å². The number of rotatable bonds is 5. The van der Waals surface area contributed by atoms with E-state index >= 15 is 0 Å². The van der Waals surface area contributed by atoms with Gasteiger partial charge in [-0.1, -0.05) is 12.1 Å². The first-order chi connectivity index (χ1) is 9.97. The van der Waals surface area contributed by atoms with Crippen LogP contribution in [0.4, 0.5) is 10.1 Å². The van der Waals surface area contributed by atoms with E-state index in [-0.39, 0.29) is 0 Å². The van der Waals surface area contributed by atoms with Crippen LogP contribution in [-0.2, 0) is 18.4 Å². The summed E-state index contributed by atoms with van der Waals surface area (Å²) in [6, 6.07) is 4.59. The Bertz CT molecular complexity index is 679. The van der Waals surface area contributed by atoms with Crippen LogP contribution in [0.15, 0.2) is 36.7 Å². The Morgan fingerprint density at radius 1 is 1.52 bits per heavy atom. The normalized spacial score (nSPS) is 11.0. The number of carboxylic acids is 1. The fourth-order valence-electron chi connectivity index (χ4n) is 2.14. The van der Waals surface area contributed by atoms with E-state index in [9.17, 15) is 9.18 Å². The predicted molar refractivity (Wildman–Crippen MR) is 78.4 cm³/mol. The lowest BCUT2D eigenvalue weighted by Crippen LogP contribution is -2.18. The summed E-state index contributed by atoms with van der Waals surface area (Å²) in [5.41, 5.74) is 1.82. The van der Waals surface area contributed by atoms with Crippen molar-refractivity contribution in [2.45, 2.75) is 6.54 Å². The van der Waals surface area contributed by atoms with Crippen LogP contribution in [-0.4, -0.2) is 27.9 Å². The first kappa shape index (κ1) is 14.8. The summed E-state index contributed by atoms with van der Waals surface area (Å²) in [6.07, 6.45) is 5.95. The van der Waals surface area contributed by atoms with Crippen LogP contribution in [0.5, 0.6) is 0 Å². The molecule has 0 atom stereocenters. The van der Waals surface area contributed by atoms with Gasteiger partial charge in [-0.15, -0.1) is 0 Å². The van der Waals surface area contributed by atoms with Crippen molar-refractivity contribution in [3.8, 4) is 0 Å². The summed E-state index contributed by atoms with van der Waals surface area (Å²) in [6.45, 7) is 0.475. The number of carboxylic acid groups (broad SMARTS) is 1. The van der Waals surface area contributed by atoms with Gasteiger partial charge in [0.2, 0.25) is 0 Å². The van der Waals surface area contributed by atoms with Crippen LogP contribution in [0.3, 0.4) is 0 Å². The first-order valence-corrected chi connectivity index (χ1v) is 6.35. The van der Waals surface area contributed by atoms with Gasteiger partial charge in [0.15, 0.2) is 0 Å². The highest BCUT2D eigenvalue weighted by atomic mass is 19.1. The van der Waals surface area contributed by atoms with E-state index in [0.29, 0.717) is 17.8 Å². The zero-order valence-electron chi connectivity index (χ0n) is 11.8. The van der Waals surface area contributed by atoms with E-state index in [1.165, 1.54) is 12.1 Å². The Labute approximate surface area is 121 Å². The molecule has 0 aliphatic carbocycles. The Kier molecular flexibility index (Phi) is 4.37. The topological polar surface area (TPSA) is 58.4 Å². The van der Waals surface area contributed by atoms with Crippen molar-refractivity contribution in [1.29, 1.82) is 0 Å². The minimum Gasteiger partial charge on any atom is -0.478 e. The number of aliphatic carboxylic acids is 1. The van der Waals surface area contributed by atoms with E-state index in [1.807, 2.05) is 13.2 Å². The lowest BCUT2D eigenvalue weighted by molar-refractivity contribution is -0.131. The summed E-state index contributed by atoms with van der Waals surface area (Å²) >= 11 is 0. The third-order valence-electron chi connectivity index (χ3n) is 2.98. The predicted octanol–water partition coefficient (Wildman–Crippen LogP) is 2.29. The third-order valence-corrected chi connectivity index (χ3v) is 2.98. The number of halogens is 1. The van der Waals surface area contributed by atoms with Crippen LogP contribution in [0.2, 0.25) is 0 Å². The maximum absolute atomic E-state index is 14.1. The van der Waals surface area contributed by atoms with E-state index in [2.05, 4.69) is 5.10 Å². The molecular formula is C15H16FN3O2. The molecule has 1 N–H and O–H groups in total. The lowest BCUT2D eigenvalue weighted by atomic mass is 10.1. The number of aryl methyl sites for hydroxylation is 1. The molecule has 5 nitrogen and oxygen atoms in total. The number of carbonyl (C=O) groups is 1. The van der Waals surface area contributed by atoms with Gasteiger partial charge < -0.3 is 10.0 Å². The van der Waals surface area contributed by atoms with Crippen molar-refractivity contribution in [2.75, 3.05) is 11.9 Å². The molecule has 0 radical (unpaired) electrons. The number of hydrogen-bond donors (Lipinski definition) is 1. The quantitative estimate of drug-likeness (QED) is 0.858. The van der Waals surface area contributed by atoms with Crippen molar-refractivity contribution in [3.63, 3.8) is 0 Å². The van der Waals surface area contributed by atoms with Crippen LogP contribution in [0, 0.1) is 5.82 Å². The highest BCUT2D eigenvalue weighted by molar-refractivity contribution is 5.87. The highest BCUT2D eigenvalue weighted by Crippen LogP contribution is 2.26. The number of anilines is 1. The van der Waals surface area contributed by atoms with E-state index in [4.69, 9.17) is 5.11 Å². The van der Waals surface area contributed by atoms with Gasteiger partial charge in [0.05, 0.1) is 11.9 Å². The second-order valence-corrected chi connectivity index (χ2v) is 4.73. The molecule has 21 heavy (non-hydrogen) atoms. The molecule has 0 saturated heterocycles. The molecule has 0 aliphatic heterocycles. The molecule has 1 heterocycles. The highest BCUT2D eigenvalue weighted by Gasteiger charge is 2.12. The zero-order valence-corrected chi connectivity index (χ0v) is 11.8. The lowest BCUT2D eigenvalue weighted by Gasteiger charge is -2.21. The molecule has 0 unspecified atom stereocenters. The van der Waals surface area contributed by atoms with Crippen molar-refractivity contribution < 1.29 is 14.3 Å². The van der Waals surface area contributed by atoms with Crippen molar-refractivity contribution in [3.05, 3.63) is 53.6 Å². The number of aromatic nitrogens is 2. The third kappa shape index (κ3) is 3.68. The van der Waals surface area contributed by atoms with Crippen LogP contribution in [0.1, 0.15) is 11.1 Å². The van der Waals surface area contributed by atoms with Gasteiger partial charge in [0.1, 0.15) is 5.82 Å². The van der Waals surface area contributed by atoms with Crippen molar-refractivity contribution in [1.82, 2.24) is 9.78 Å². The molecule has 0 amide bonds. The minimum absolute atomic E-state index is 0.360. The van der Waals surface area contributed by atoms with Gasteiger partial charge in [-0.3, -0.25) is 4.68 Å². The van der Waals surface area contributed by atoms with Gasteiger partial charge in [-0.2, -0.15) is 5.10 Å². The Balaban J connectivity index is 2.30. The summed E-state index contributed by atoms with van der Waals surface area (Å²) < 4.78 is 15.8. The summed E-state index contributed by atoms with van der Waals surface area (Å²) in [7, 11) is 3.57. The largest absolute Gasteiger partial charge is 0.478 e. The molecule has 2 aromatic rings. The number of nitrogens with zero attached hydrogens (tertiary/aromatic N) is 3. The van der Waals surface area contributed by atoms with Gasteiger partial charge in [-0.25, -0.2) is 9.18 Å². The average molecular weight is 289 g/mol. The SMILES string of the molecule is CN(Cc1cnn(C)c1)c1c(F)cccc1/C=C/C(=O)O. The first-order valence-electron chi connectivity index (χ1n) is 6.35. The van der Waals surface area contributed by atoms with Crippen LogP contribution in [0.25, 0.3) is 6.08 Å². The smallest absolute Gasteiger partial charge is 0.328 e. The van der Waals surface area contributed by atoms with Gasteiger partial charge >= 0.3 is 5.97 Å². The molecular weight excluding hydrogens is 273 g/mol. The summed E-state index contributed by atoms with van der Waals surface area (Å²) in [5.74, 6) is -1.46. The number of hydrogen-bond acceptors (Lipinski definition) is 3. The molecule has 1 aromatic heterocycles. The summed E-state index contributed by atoms with van der Waals surface area (Å²) in [4.78, 5) is 12.4. The van der Waals surface area contributed by atoms with Crippen molar-refractivity contribution >= 4 is 17.7 Å². The molecule has 0 spiro atoms. The molecule has 0 fully saturated rings. The molecule has 1 aromatic carbocycles. The Morgan fingerprint density at radius 2 is 2.29 bits per heavy atom. The van der Waals surface area contributed by atoms with E-state index in [0.717, 1.165) is 11.6 Å². The van der Waals surface area contributed by atoms with Crippen LogP contribution >= 0.6 is 0 Å². The average Bonchev–Trinajstić information content (AvgIpc) is 2.81. The van der Waals surface area contributed by atoms with E-state index in [1.54, 1.807) is 35.0 Å². The summed E-state index contributed by atoms with van der Waals surface area (Å²) in [5, 5.41) is 12.8. The number of para-hydroxylation sites is 1. The zero-order chi connectivity index (χ0) is 15.4. The molecule has 0 bridgehead atoms. The molecule has 0 saturated carbocycles. The fourth-order valence-corrected chi connectivity index (χ4v) is 2.14. The van der Waals surface area contributed by atoms with Crippen LogP contribution < -0.4 is 4.90 Å². The maximum atomic E-state index is 14.1. The second-order valence-electron chi connectivity index (χ2n) is 4.73. The van der Waals surface area contributed by atoms with Gasteiger partial charge in [0, 0.05) is 44.0 Å². The molecule has 0 aliphatic rings. The monoisotopic (exact) mass is 289 g/mol. The Hall–Kier alpha value is -2.63. The second kappa shape index (κ2) is 6.21. The van der Waals surface area contributed by atoms with Gasteiger partial charge in [0.25, 0.3) is 0 Å². The Morgan fingerprint density at radius 3 is 2.90 bits per heavy atom. The van der Waals surface area contributed by atoms with Crippen molar-refractivity contribution in [2.24, 2.45) is 7.05 Å². The standard InChI is InChI=1S/C15H16FN3O2/c1-18(9-11-8-17-19(2)10-11)15-12(6-7-14(20)21)4-3-5-13(15)16/h3-8,10H,9H2,1-2H3,(H,20,21)/b7-6+. The maximum Gasteiger partial charge on any atom is 0.328 e. The fraction of sp³-hybridized carbons (Fsp3) is 0.200. The minimum atomic E-state index is -1.07. The molecule has 2 rings (SSSR count). The number of benzene rings is 1. The van der Waals surface area contributed by atoms with Gasteiger partial charge in [-0.05, 0) is 12.1 Å². The molecule has 6 heteroatoms.